The van der Waals surface area contributed by atoms with Crippen molar-refractivity contribution in [3.05, 3.63) is 105 Å². The number of carbonyl (C=O) groups is 2. The van der Waals surface area contributed by atoms with Gasteiger partial charge in [-0.05, 0) is 111 Å². The summed E-state index contributed by atoms with van der Waals surface area (Å²) in [6.45, 7) is 19.3. The Hall–Kier alpha value is -5.87. The summed E-state index contributed by atoms with van der Waals surface area (Å²) >= 11 is 0. The molecule has 0 bridgehead atoms. The lowest BCUT2D eigenvalue weighted by molar-refractivity contribution is -0.117. The molecular formula is C49H56N4O9S2. The van der Waals surface area contributed by atoms with Crippen molar-refractivity contribution >= 4 is 71.5 Å². The van der Waals surface area contributed by atoms with Crippen LogP contribution in [0.4, 0.5) is 28.4 Å². The van der Waals surface area contributed by atoms with Gasteiger partial charge in [0, 0.05) is 69.8 Å². The normalized spacial score (nSPS) is 13.3. The maximum atomic E-state index is 13.3. The molecule has 338 valence electrons. The van der Waals surface area contributed by atoms with Crippen molar-refractivity contribution in [3.8, 4) is 22.5 Å². The molecule has 0 spiro atoms. The van der Waals surface area contributed by atoms with Gasteiger partial charge in [0.15, 0.2) is 0 Å². The number of nitrogens with one attached hydrogen (secondary N) is 3. The molecule has 0 fully saturated rings. The minimum absolute atomic E-state index is 0.0495. The zero-order valence-corrected chi connectivity index (χ0v) is 39.5. The van der Waals surface area contributed by atoms with Gasteiger partial charge in [-0.25, -0.2) is 4.99 Å². The molecule has 1 heterocycles. The highest BCUT2D eigenvalue weighted by Crippen LogP contribution is 2.44. The predicted molar refractivity (Wildman–Crippen MR) is 253 cm³/mol. The minimum atomic E-state index is -5.00. The summed E-state index contributed by atoms with van der Waals surface area (Å²) in [5.74, 6) is 0.211. The fraction of sp³-hybridized carbons (Fsp3) is 0.327. The Morgan fingerprint density at radius 2 is 1.20 bits per heavy atom. The van der Waals surface area contributed by atoms with Crippen LogP contribution in [0.2, 0.25) is 0 Å². The molecule has 2 amide bonds. The second-order valence-electron chi connectivity index (χ2n) is 17.0. The number of fused-ring (bicyclic) bond motifs is 2. The van der Waals surface area contributed by atoms with Gasteiger partial charge in [0.1, 0.15) is 21.1 Å². The molecule has 2 atom stereocenters. The average molecular weight is 909 g/mol. The molecule has 0 saturated carbocycles. The van der Waals surface area contributed by atoms with Gasteiger partial charge in [-0.3, -0.25) is 18.7 Å². The summed E-state index contributed by atoms with van der Waals surface area (Å²) in [6.07, 6.45) is 2.40. The molecule has 0 aromatic heterocycles. The second kappa shape index (κ2) is 18.7. The van der Waals surface area contributed by atoms with Crippen LogP contribution in [0, 0.1) is 53.4 Å². The summed E-state index contributed by atoms with van der Waals surface area (Å²) in [5, 5.41) is 9.77. The van der Waals surface area contributed by atoms with E-state index in [9.17, 15) is 35.5 Å². The van der Waals surface area contributed by atoms with Gasteiger partial charge in [0.05, 0.1) is 11.0 Å². The molecular weight excluding hydrogens is 853 g/mol. The van der Waals surface area contributed by atoms with E-state index >= 15 is 0 Å². The van der Waals surface area contributed by atoms with E-state index in [1.165, 1.54) is 30.3 Å². The number of nitrogens with zero attached hydrogens (tertiary/aromatic N) is 1. The zero-order chi connectivity index (χ0) is 47.0. The number of anilines is 4. The number of benzene rings is 5. The summed E-state index contributed by atoms with van der Waals surface area (Å²) in [6, 6.07) is 17.3. The van der Waals surface area contributed by atoms with E-state index in [1.54, 1.807) is 38.1 Å². The Morgan fingerprint density at radius 3 is 1.78 bits per heavy atom. The van der Waals surface area contributed by atoms with E-state index in [2.05, 4.69) is 16.0 Å². The number of rotatable bonds is 14. The highest BCUT2D eigenvalue weighted by atomic mass is 32.2. The average Bonchev–Trinajstić information content (AvgIpc) is 3.22. The Bertz CT molecular complexity index is 3100. The van der Waals surface area contributed by atoms with Crippen LogP contribution in [0.5, 0.6) is 0 Å². The van der Waals surface area contributed by atoms with Crippen LogP contribution in [0.25, 0.3) is 33.4 Å². The molecule has 6 rings (SSSR count). The first-order chi connectivity index (χ1) is 30.0. The minimum Gasteiger partial charge on any atom is -0.456 e. The van der Waals surface area contributed by atoms with Crippen molar-refractivity contribution in [2.24, 2.45) is 16.8 Å². The van der Waals surface area contributed by atoms with E-state index in [-0.39, 0.29) is 57.0 Å². The monoisotopic (exact) mass is 908 g/mol. The Morgan fingerprint density at radius 1 is 0.656 bits per heavy atom. The largest absolute Gasteiger partial charge is 0.456 e. The molecule has 15 heteroatoms. The Kier molecular flexibility index (Phi) is 13.9. The van der Waals surface area contributed by atoms with Crippen LogP contribution in [0.3, 0.4) is 0 Å². The maximum absolute atomic E-state index is 13.3. The van der Waals surface area contributed by atoms with Crippen molar-refractivity contribution in [1.29, 1.82) is 0 Å². The molecule has 1 aliphatic heterocycles. The summed E-state index contributed by atoms with van der Waals surface area (Å²) in [5.41, 5.74) is 8.20. The van der Waals surface area contributed by atoms with Crippen molar-refractivity contribution < 1.29 is 39.9 Å². The first kappa shape index (κ1) is 47.6. The van der Waals surface area contributed by atoms with Gasteiger partial charge in [0.2, 0.25) is 11.8 Å². The van der Waals surface area contributed by atoms with Crippen LogP contribution < -0.4 is 21.3 Å². The lowest BCUT2D eigenvalue weighted by Gasteiger charge is -2.21. The van der Waals surface area contributed by atoms with E-state index in [0.29, 0.717) is 52.1 Å². The molecule has 13 nitrogen and oxygen atoms in total. The number of amides is 2. The first-order valence-corrected chi connectivity index (χ1v) is 24.1. The van der Waals surface area contributed by atoms with Crippen LogP contribution in [-0.2, 0) is 29.8 Å². The third-order valence-corrected chi connectivity index (χ3v) is 13.7. The van der Waals surface area contributed by atoms with Gasteiger partial charge in [-0.1, -0.05) is 70.9 Å². The van der Waals surface area contributed by atoms with E-state index in [4.69, 9.17) is 9.41 Å². The lowest BCUT2D eigenvalue weighted by Crippen LogP contribution is -2.17. The number of hydrogen-bond donors (Lipinski definition) is 5. The highest BCUT2D eigenvalue weighted by molar-refractivity contribution is 7.86. The maximum Gasteiger partial charge on any atom is 0.296 e. The summed E-state index contributed by atoms with van der Waals surface area (Å²) in [7, 11) is -9.81. The van der Waals surface area contributed by atoms with E-state index in [0.717, 1.165) is 40.8 Å². The molecule has 0 saturated heterocycles. The van der Waals surface area contributed by atoms with Crippen molar-refractivity contribution in [2.45, 2.75) is 105 Å². The van der Waals surface area contributed by atoms with Gasteiger partial charge in [-0.2, -0.15) is 16.8 Å². The third-order valence-electron chi connectivity index (χ3n) is 11.9. The zero-order valence-electron chi connectivity index (χ0n) is 37.8. The Balaban J connectivity index is 1.61. The summed E-state index contributed by atoms with van der Waals surface area (Å²) < 4.78 is 80.0. The molecule has 0 radical (unpaired) electrons. The molecule has 2 unspecified atom stereocenters. The van der Waals surface area contributed by atoms with Crippen molar-refractivity contribution in [2.75, 3.05) is 16.0 Å². The fourth-order valence-corrected chi connectivity index (χ4v) is 9.48. The first-order valence-electron chi connectivity index (χ1n) is 21.2. The molecule has 4 aromatic rings. The summed E-state index contributed by atoms with van der Waals surface area (Å²) in [4.78, 5) is 29.8. The topological polar surface area (TPSA) is 204 Å². The number of carbonyl (C=O) groups excluding carboxylic acids is 2. The number of aryl methyl sites for hydroxylation is 4. The second-order valence-corrected chi connectivity index (χ2v) is 19.7. The standard InChI is InChI=1S/C49H56N4O9S2/c1-11-26(3)19-43(54)52-48-30(7)21-28(5)46(32(48)9)50-34-17-18-35-39(23-34)62-40-25-38(51-47-29(6)22-31(8)49(33(47)10)53-44(55)20-27(4)12-2)42(64(59,60)61)24-37(40)45(35)36-15-13-14-16-41(36)63(56,57)58/h13-18,21-27,50H,11-12,19-20H2,1-10H3,(H,52,54)(H,53,55)(H,56,57,58)(H,59,60,61). The molecule has 5 N–H and O–H groups in total. The van der Waals surface area contributed by atoms with E-state index in [1.807, 2.05) is 67.5 Å². The van der Waals surface area contributed by atoms with Gasteiger partial charge in [0.25, 0.3) is 20.2 Å². The van der Waals surface area contributed by atoms with Crippen LogP contribution >= 0.6 is 0 Å². The van der Waals surface area contributed by atoms with E-state index < -0.39 is 30.0 Å². The smallest absolute Gasteiger partial charge is 0.296 e. The van der Waals surface area contributed by atoms with Crippen LogP contribution in [-0.4, -0.2) is 37.8 Å². The van der Waals surface area contributed by atoms with Crippen molar-refractivity contribution in [3.63, 3.8) is 0 Å². The SMILES string of the molecule is CCC(C)CC(=O)Nc1c(C)cc(C)c(N=c2cc3oc4cc(Nc5c(C)cc(C)c(NC(=O)CC(C)CC)c5C)ccc4c(-c4ccccc4S(=O)(=O)O)c-3cc2S(=O)(=O)O)c1C. The lowest BCUT2D eigenvalue weighted by atomic mass is 9.93. The quantitative estimate of drug-likeness (QED) is 0.0516. The predicted octanol–water partition coefficient (Wildman–Crippen LogP) is 11.3. The van der Waals surface area contributed by atoms with Gasteiger partial charge in [-0.15, -0.1) is 0 Å². The molecule has 2 aliphatic rings. The molecule has 64 heavy (non-hydrogen) atoms. The number of hydrogen-bond acceptors (Lipinski definition) is 9. The third kappa shape index (κ3) is 10.1. The molecule has 1 aliphatic carbocycles. The fourth-order valence-electron chi connectivity index (χ4n) is 8.14. The molecule has 4 aromatic carbocycles. The van der Waals surface area contributed by atoms with Gasteiger partial charge < -0.3 is 20.4 Å². The highest BCUT2D eigenvalue weighted by Gasteiger charge is 2.27. The van der Waals surface area contributed by atoms with Crippen molar-refractivity contribution in [1.82, 2.24) is 0 Å². The Labute approximate surface area is 375 Å². The van der Waals surface area contributed by atoms with Gasteiger partial charge >= 0.3 is 0 Å². The van der Waals surface area contributed by atoms with Crippen LogP contribution in [0.1, 0.15) is 86.8 Å². The van der Waals surface area contributed by atoms with Crippen LogP contribution in [0.15, 0.2) is 85.9 Å².